The highest BCUT2D eigenvalue weighted by molar-refractivity contribution is 7.80. The van der Waals surface area contributed by atoms with E-state index in [2.05, 4.69) is 43.5 Å². The van der Waals surface area contributed by atoms with Crippen LogP contribution in [0.15, 0.2) is 61.1 Å². The van der Waals surface area contributed by atoms with E-state index in [9.17, 15) is 4.79 Å². The zero-order chi connectivity index (χ0) is 24.4. The molecule has 2 atom stereocenters. The van der Waals surface area contributed by atoms with Crippen LogP contribution in [0.25, 0.3) is 0 Å². The van der Waals surface area contributed by atoms with Crippen LogP contribution in [-0.2, 0) is 9.53 Å². The lowest BCUT2D eigenvalue weighted by atomic mass is 9.98. The second kappa shape index (κ2) is 10.4. The summed E-state index contributed by atoms with van der Waals surface area (Å²) >= 11 is 12.4. The van der Waals surface area contributed by atoms with Gasteiger partial charge in [0, 0.05) is 37.4 Å². The van der Waals surface area contributed by atoms with Gasteiger partial charge in [0.1, 0.15) is 6.61 Å². The lowest BCUT2D eigenvalue weighted by molar-refractivity contribution is -0.119. The first kappa shape index (κ1) is 23.8. The van der Waals surface area contributed by atoms with Gasteiger partial charge in [-0.2, -0.15) is 0 Å². The number of hydrogen-bond donors (Lipinski definition) is 2. The topological polar surface area (TPSA) is 71.4 Å². The Kier molecular flexibility index (Phi) is 7.04. The van der Waals surface area contributed by atoms with Crippen molar-refractivity contribution in [2.75, 3.05) is 23.9 Å². The highest BCUT2D eigenvalue weighted by Gasteiger charge is 2.41. The maximum absolute atomic E-state index is 12.0. The van der Waals surface area contributed by atoms with E-state index in [0.717, 1.165) is 16.9 Å². The molecule has 2 aromatic heterocycles. The molecule has 1 aromatic carbocycles. The molecular formula is C26H28ClN5O2S. The van der Waals surface area contributed by atoms with Crippen LogP contribution in [0.2, 0.25) is 5.02 Å². The molecule has 35 heavy (non-hydrogen) atoms. The SMILES string of the molecule is COCC(=O)Nc1ccc(N2C(=S)N[C@@H](c3ccccn3)[C@H]2c2ccn(C3CCCC3)c2)cc1Cl. The average molecular weight is 510 g/mol. The lowest BCUT2D eigenvalue weighted by Crippen LogP contribution is -2.29. The monoisotopic (exact) mass is 509 g/mol. The molecule has 182 valence electrons. The molecule has 7 nitrogen and oxygen atoms in total. The number of aromatic nitrogens is 2. The van der Waals surface area contributed by atoms with Gasteiger partial charge >= 0.3 is 0 Å². The van der Waals surface area contributed by atoms with Gasteiger partial charge in [-0.15, -0.1) is 0 Å². The van der Waals surface area contributed by atoms with Gasteiger partial charge in [0.25, 0.3) is 0 Å². The van der Waals surface area contributed by atoms with Crippen molar-refractivity contribution in [1.29, 1.82) is 0 Å². The lowest BCUT2D eigenvalue weighted by Gasteiger charge is -2.28. The smallest absolute Gasteiger partial charge is 0.250 e. The summed E-state index contributed by atoms with van der Waals surface area (Å²) in [6, 6.07) is 14.0. The van der Waals surface area contributed by atoms with E-state index in [1.165, 1.54) is 32.8 Å². The van der Waals surface area contributed by atoms with Crippen LogP contribution in [0, 0.1) is 0 Å². The summed E-state index contributed by atoms with van der Waals surface area (Å²) in [5, 5.41) is 7.29. The van der Waals surface area contributed by atoms with E-state index >= 15 is 0 Å². The van der Waals surface area contributed by atoms with Gasteiger partial charge in [-0.1, -0.05) is 30.5 Å². The molecule has 3 heterocycles. The largest absolute Gasteiger partial charge is 0.375 e. The van der Waals surface area contributed by atoms with E-state index in [4.69, 9.17) is 28.6 Å². The van der Waals surface area contributed by atoms with E-state index in [1.807, 2.05) is 30.3 Å². The molecule has 0 unspecified atom stereocenters. The molecular weight excluding hydrogens is 482 g/mol. The van der Waals surface area contributed by atoms with Crippen LogP contribution in [0.5, 0.6) is 0 Å². The minimum atomic E-state index is -0.262. The quantitative estimate of drug-likeness (QED) is 0.415. The van der Waals surface area contributed by atoms with Crippen LogP contribution >= 0.6 is 23.8 Å². The summed E-state index contributed by atoms with van der Waals surface area (Å²) in [7, 11) is 1.48. The fourth-order valence-corrected chi connectivity index (χ4v) is 5.65. The van der Waals surface area contributed by atoms with Crippen molar-refractivity contribution < 1.29 is 9.53 Å². The number of pyridine rings is 1. The van der Waals surface area contributed by atoms with Gasteiger partial charge in [0.2, 0.25) is 5.91 Å². The molecule has 1 saturated heterocycles. The highest BCUT2D eigenvalue weighted by Crippen LogP contribution is 2.43. The average Bonchev–Trinajstić information content (AvgIpc) is 3.61. The Hall–Kier alpha value is -2.94. The number of nitrogens with zero attached hydrogens (tertiary/aromatic N) is 3. The molecule has 5 rings (SSSR count). The fraction of sp³-hybridized carbons (Fsp3) is 0.346. The van der Waals surface area contributed by atoms with E-state index in [-0.39, 0.29) is 24.6 Å². The first-order valence-corrected chi connectivity index (χ1v) is 12.6. The van der Waals surface area contributed by atoms with Gasteiger partial charge < -0.3 is 24.8 Å². The van der Waals surface area contributed by atoms with Gasteiger partial charge in [0.15, 0.2) is 5.11 Å². The van der Waals surface area contributed by atoms with Crippen molar-refractivity contribution >= 4 is 46.2 Å². The van der Waals surface area contributed by atoms with E-state index < -0.39 is 0 Å². The number of thiocarbonyl (C=S) groups is 1. The number of benzene rings is 1. The minimum absolute atomic E-state index is 0.0377. The van der Waals surface area contributed by atoms with Crippen molar-refractivity contribution in [3.8, 4) is 0 Å². The first-order valence-electron chi connectivity index (χ1n) is 11.8. The van der Waals surface area contributed by atoms with Gasteiger partial charge in [0.05, 0.1) is 28.5 Å². The number of rotatable bonds is 7. The molecule has 2 fully saturated rings. The number of ether oxygens (including phenoxy) is 1. The molecule has 1 saturated carbocycles. The van der Waals surface area contributed by atoms with Crippen LogP contribution in [0.1, 0.15) is 55.1 Å². The Morgan fingerprint density at radius 1 is 1.26 bits per heavy atom. The van der Waals surface area contributed by atoms with Crippen LogP contribution in [0.4, 0.5) is 11.4 Å². The van der Waals surface area contributed by atoms with Gasteiger partial charge in [-0.25, -0.2) is 0 Å². The molecule has 0 bridgehead atoms. The number of amides is 1. The zero-order valence-corrected chi connectivity index (χ0v) is 21.1. The Balaban J connectivity index is 1.50. The standard InChI is InChI=1S/C26H28ClN5O2S/c1-34-16-23(33)29-21-10-9-19(14-20(21)27)32-25(17-11-13-31(15-17)18-6-2-3-7-18)24(30-26(32)35)22-8-4-5-12-28-22/h4-5,8-15,18,24-25H,2-3,6-7,16H2,1H3,(H,29,33)(H,30,35)/t24-,25+/m0/s1. The van der Waals surface area contributed by atoms with Crippen molar-refractivity contribution in [2.45, 2.75) is 43.8 Å². The Labute approximate surface area is 215 Å². The van der Waals surface area contributed by atoms with Crippen molar-refractivity contribution in [3.63, 3.8) is 0 Å². The molecule has 3 aromatic rings. The zero-order valence-electron chi connectivity index (χ0n) is 19.5. The first-order chi connectivity index (χ1) is 17.0. The third-order valence-corrected chi connectivity index (χ3v) is 7.33. The normalized spacial score (nSPS) is 20.3. The number of carbonyl (C=O) groups excluding carboxylic acids is 1. The fourth-order valence-electron chi connectivity index (χ4n) is 5.08. The third-order valence-electron chi connectivity index (χ3n) is 6.70. The molecule has 9 heteroatoms. The number of methoxy groups -OCH3 is 1. The van der Waals surface area contributed by atoms with E-state index in [1.54, 1.807) is 12.3 Å². The molecule has 1 aliphatic heterocycles. The highest BCUT2D eigenvalue weighted by atomic mass is 35.5. The van der Waals surface area contributed by atoms with Crippen molar-refractivity contribution in [1.82, 2.24) is 14.9 Å². The van der Waals surface area contributed by atoms with Crippen molar-refractivity contribution in [2.24, 2.45) is 0 Å². The summed E-state index contributed by atoms with van der Waals surface area (Å²) in [6.07, 6.45) is 11.2. The Bertz CT molecular complexity index is 1210. The Morgan fingerprint density at radius 3 is 2.80 bits per heavy atom. The summed E-state index contributed by atoms with van der Waals surface area (Å²) in [5.41, 5.74) is 3.45. The molecule has 2 aliphatic rings. The predicted octanol–water partition coefficient (Wildman–Crippen LogP) is 5.41. The summed E-state index contributed by atoms with van der Waals surface area (Å²) in [5.74, 6) is -0.262. The number of anilines is 2. The van der Waals surface area contributed by atoms with Crippen molar-refractivity contribution in [3.05, 3.63) is 77.3 Å². The second-order valence-corrected chi connectivity index (χ2v) is 9.77. The summed E-state index contributed by atoms with van der Waals surface area (Å²) in [6.45, 7) is -0.0377. The number of hydrogen-bond acceptors (Lipinski definition) is 4. The number of nitrogens with one attached hydrogen (secondary N) is 2. The van der Waals surface area contributed by atoms with Gasteiger partial charge in [-0.05, 0) is 67.0 Å². The van der Waals surface area contributed by atoms with E-state index in [0.29, 0.717) is 21.9 Å². The van der Waals surface area contributed by atoms with Crippen LogP contribution in [0.3, 0.4) is 0 Å². The maximum atomic E-state index is 12.0. The summed E-state index contributed by atoms with van der Waals surface area (Å²) in [4.78, 5) is 18.7. The second-order valence-electron chi connectivity index (χ2n) is 8.97. The molecule has 1 amide bonds. The maximum Gasteiger partial charge on any atom is 0.250 e. The predicted molar refractivity (Wildman–Crippen MR) is 142 cm³/mol. The van der Waals surface area contributed by atoms with Crippen LogP contribution < -0.4 is 15.5 Å². The number of halogens is 1. The number of carbonyl (C=O) groups is 1. The third kappa shape index (κ3) is 4.91. The Morgan fingerprint density at radius 2 is 2.09 bits per heavy atom. The molecule has 1 aliphatic carbocycles. The van der Waals surface area contributed by atoms with Crippen LogP contribution in [-0.4, -0.2) is 34.3 Å². The minimum Gasteiger partial charge on any atom is -0.375 e. The summed E-state index contributed by atoms with van der Waals surface area (Å²) < 4.78 is 7.24. The van der Waals surface area contributed by atoms with Gasteiger partial charge in [-0.3, -0.25) is 9.78 Å². The molecule has 0 radical (unpaired) electrons. The molecule has 2 N–H and O–H groups in total. The molecule has 0 spiro atoms.